The lowest BCUT2D eigenvalue weighted by atomic mass is 10.0. The van der Waals surface area contributed by atoms with Crippen LogP contribution in [-0.2, 0) is 14.2 Å². The zero-order valence-electron chi connectivity index (χ0n) is 8.28. The lowest BCUT2D eigenvalue weighted by Gasteiger charge is -2.21. The summed E-state index contributed by atoms with van der Waals surface area (Å²) in [6.07, 6.45) is 4.51. The largest absolute Gasteiger partial charge is 0.501 e. The van der Waals surface area contributed by atoms with Crippen LogP contribution in [0.5, 0.6) is 0 Å². The first kappa shape index (κ1) is 9.96. The van der Waals surface area contributed by atoms with E-state index >= 15 is 0 Å². The van der Waals surface area contributed by atoms with Crippen molar-refractivity contribution in [1.29, 1.82) is 0 Å². The molecule has 0 spiro atoms. The van der Waals surface area contributed by atoms with Gasteiger partial charge in [0.2, 0.25) is 0 Å². The van der Waals surface area contributed by atoms with Crippen molar-refractivity contribution in [2.24, 2.45) is 5.73 Å². The molecule has 4 heteroatoms. The molecule has 14 heavy (non-hydrogen) atoms. The third kappa shape index (κ3) is 2.47. The number of nitrogens with two attached hydrogens (primary N) is 1. The van der Waals surface area contributed by atoms with E-state index < -0.39 is 0 Å². The molecule has 4 nitrogen and oxygen atoms in total. The Morgan fingerprint density at radius 3 is 2.79 bits per heavy atom. The van der Waals surface area contributed by atoms with Crippen molar-refractivity contribution in [1.82, 2.24) is 0 Å². The predicted octanol–water partition coefficient (Wildman–Crippen LogP) is 0.771. The van der Waals surface area contributed by atoms with Crippen LogP contribution >= 0.6 is 0 Å². The molecule has 2 aliphatic heterocycles. The van der Waals surface area contributed by atoms with E-state index in [1.165, 1.54) is 5.57 Å². The Morgan fingerprint density at radius 2 is 2.14 bits per heavy atom. The summed E-state index contributed by atoms with van der Waals surface area (Å²) in [5.74, 6) is 0. The number of hydrogen-bond donors (Lipinski definition) is 1. The summed E-state index contributed by atoms with van der Waals surface area (Å²) in [4.78, 5) is 0. The molecule has 1 fully saturated rings. The van der Waals surface area contributed by atoms with E-state index in [0.29, 0.717) is 13.2 Å². The average molecular weight is 199 g/mol. The minimum Gasteiger partial charge on any atom is -0.501 e. The van der Waals surface area contributed by atoms with Gasteiger partial charge in [0.15, 0.2) is 6.29 Å². The number of rotatable bonds is 3. The molecule has 0 aromatic heterocycles. The quantitative estimate of drug-likeness (QED) is 0.729. The Bertz CT molecular complexity index is 211. The SMILES string of the molecule is NC(CC1OCCO1)C1=COCCC1. The van der Waals surface area contributed by atoms with Crippen LogP contribution in [0.15, 0.2) is 11.8 Å². The second-order valence-electron chi connectivity index (χ2n) is 3.68. The molecule has 0 saturated carbocycles. The molecule has 2 aliphatic rings. The van der Waals surface area contributed by atoms with Gasteiger partial charge in [-0.15, -0.1) is 0 Å². The predicted molar refractivity (Wildman–Crippen MR) is 51.6 cm³/mol. The molecule has 2 heterocycles. The first-order valence-corrected chi connectivity index (χ1v) is 5.15. The van der Waals surface area contributed by atoms with Crippen molar-refractivity contribution in [2.75, 3.05) is 19.8 Å². The minimum atomic E-state index is -0.118. The molecular weight excluding hydrogens is 182 g/mol. The van der Waals surface area contributed by atoms with E-state index in [1.807, 2.05) is 0 Å². The fourth-order valence-corrected chi connectivity index (χ4v) is 1.76. The Morgan fingerprint density at radius 1 is 1.36 bits per heavy atom. The van der Waals surface area contributed by atoms with E-state index in [0.717, 1.165) is 25.9 Å². The van der Waals surface area contributed by atoms with Gasteiger partial charge in [0.25, 0.3) is 0 Å². The molecule has 0 radical (unpaired) electrons. The van der Waals surface area contributed by atoms with Crippen molar-refractivity contribution in [3.05, 3.63) is 11.8 Å². The van der Waals surface area contributed by atoms with E-state index in [2.05, 4.69) is 0 Å². The van der Waals surface area contributed by atoms with Gasteiger partial charge >= 0.3 is 0 Å². The van der Waals surface area contributed by atoms with Crippen LogP contribution in [0.3, 0.4) is 0 Å². The van der Waals surface area contributed by atoms with Crippen molar-refractivity contribution in [2.45, 2.75) is 31.6 Å². The summed E-state index contributed by atoms with van der Waals surface area (Å²) in [5.41, 5.74) is 7.20. The summed E-state index contributed by atoms with van der Waals surface area (Å²) in [7, 11) is 0. The topological polar surface area (TPSA) is 53.7 Å². The third-order valence-corrected chi connectivity index (χ3v) is 2.58. The van der Waals surface area contributed by atoms with Gasteiger partial charge in [-0.3, -0.25) is 0 Å². The Balaban J connectivity index is 1.81. The molecule has 80 valence electrons. The average Bonchev–Trinajstić information content (AvgIpc) is 2.72. The second kappa shape index (κ2) is 4.77. The van der Waals surface area contributed by atoms with Gasteiger partial charge < -0.3 is 19.9 Å². The normalized spacial score (nSPS) is 25.6. The van der Waals surface area contributed by atoms with Crippen LogP contribution in [-0.4, -0.2) is 32.2 Å². The fraction of sp³-hybridized carbons (Fsp3) is 0.800. The Labute approximate surface area is 84.0 Å². The van der Waals surface area contributed by atoms with Gasteiger partial charge in [-0.25, -0.2) is 0 Å². The van der Waals surface area contributed by atoms with Crippen LogP contribution in [0.25, 0.3) is 0 Å². The standard InChI is InChI=1S/C10H17NO3/c11-9(6-10-13-4-5-14-10)8-2-1-3-12-7-8/h7,9-10H,1-6,11H2. The summed E-state index contributed by atoms with van der Waals surface area (Å²) in [6.45, 7) is 2.19. The fourth-order valence-electron chi connectivity index (χ4n) is 1.76. The molecule has 2 rings (SSSR count). The highest BCUT2D eigenvalue weighted by Crippen LogP contribution is 2.19. The Hall–Kier alpha value is -0.580. The maximum Gasteiger partial charge on any atom is 0.159 e. The lowest BCUT2D eigenvalue weighted by Crippen LogP contribution is -2.29. The van der Waals surface area contributed by atoms with Crippen molar-refractivity contribution >= 4 is 0 Å². The first-order chi connectivity index (χ1) is 6.86. The monoisotopic (exact) mass is 199 g/mol. The minimum absolute atomic E-state index is 0.0124. The van der Waals surface area contributed by atoms with E-state index in [1.54, 1.807) is 6.26 Å². The highest BCUT2D eigenvalue weighted by atomic mass is 16.7. The third-order valence-electron chi connectivity index (χ3n) is 2.58. The van der Waals surface area contributed by atoms with Gasteiger partial charge in [-0.1, -0.05) is 0 Å². The molecule has 0 amide bonds. The van der Waals surface area contributed by atoms with Crippen LogP contribution < -0.4 is 5.73 Å². The number of ether oxygens (including phenoxy) is 3. The van der Waals surface area contributed by atoms with E-state index in [4.69, 9.17) is 19.9 Å². The van der Waals surface area contributed by atoms with Gasteiger partial charge in [-0.05, 0) is 18.4 Å². The summed E-state index contributed by atoms with van der Waals surface area (Å²) in [5, 5.41) is 0. The zero-order valence-corrected chi connectivity index (χ0v) is 8.28. The summed E-state index contributed by atoms with van der Waals surface area (Å²) < 4.78 is 15.9. The molecule has 1 atom stereocenters. The van der Waals surface area contributed by atoms with Crippen molar-refractivity contribution in [3.8, 4) is 0 Å². The molecule has 1 saturated heterocycles. The van der Waals surface area contributed by atoms with Crippen LogP contribution in [0.4, 0.5) is 0 Å². The molecule has 0 aliphatic carbocycles. The van der Waals surface area contributed by atoms with Crippen molar-refractivity contribution < 1.29 is 14.2 Å². The smallest absolute Gasteiger partial charge is 0.159 e. The number of hydrogen-bond acceptors (Lipinski definition) is 4. The zero-order chi connectivity index (χ0) is 9.80. The van der Waals surface area contributed by atoms with Gasteiger partial charge in [0, 0.05) is 12.5 Å². The molecular formula is C10H17NO3. The molecule has 1 unspecified atom stereocenters. The van der Waals surface area contributed by atoms with Gasteiger partial charge in [0.05, 0.1) is 26.1 Å². The van der Waals surface area contributed by atoms with Crippen LogP contribution in [0, 0.1) is 0 Å². The van der Waals surface area contributed by atoms with E-state index in [9.17, 15) is 0 Å². The highest BCUT2D eigenvalue weighted by molar-refractivity contribution is 5.09. The summed E-state index contributed by atoms with van der Waals surface area (Å²) in [6, 6.07) is 0.0124. The Kier molecular flexibility index (Phi) is 3.39. The molecule has 0 aromatic carbocycles. The maximum atomic E-state index is 6.02. The lowest BCUT2D eigenvalue weighted by molar-refractivity contribution is -0.0491. The van der Waals surface area contributed by atoms with Crippen LogP contribution in [0.1, 0.15) is 19.3 Å². The van der Waals surface area contributed by atoms with Crippen LogP contribution in [0.2, 0.25) is 0 Å². The molecule has 0 bridgehead atoms. The first-order valence-electron chi connectivity index (χ1n) is 5.15. The van der Waals surface area contributed by atoms with Gasteiger partial charge in [0.1, 0.15) is 0 Å². The summed E-state index contributed by atoms with van der Waals surface area (Å²) >= 11 is 0. The van der Waals surface area contributed by atoms with E-state index in [-0.39, 0.29) is 12.3 Å². The maximum absolute atomic E-state index is 6.02. The highest BCUT2D eigenvalue weighted by Gasteiger charge is 2.22. The molecule has 2 N–H and O–H groups in total. The van der Waals surface area contributed by atoms with Gasteiger partial charge in [-0.2, -0.15) is 0 Å². The molecule has 0 aromatic rings. The van der Waals surface area contributed by atoms with Crippen molar-refractivity contribution in [3.63, 3.8) is 0 Å². The second-order valence-corrected chi connectivity index (χ2v) is 3.68.